The number of hydrogen-bond acceptors (Lipinski definition) is 3. The van der Waals surface area contributed by atoms with Gasteiger partial charge in [0.25, 0.3) is 0 Å². The van der Waals surface area contributed by atoms with E-state index in [0.717, 1.165) is 16.8 Å². The molecule has 21 heavy (non-hydrogen) atoms. The first-order chi connectivity index (χ1) is 10.2. The molecule has 2 rings (SSSR count). The second kappa shape index (κ2) is 7.30. The maximum Gasteiger partial charge on any atom is 0.310 e. The van der Waals surface area contributed by atoms with E-state index >= 15 is 0 Å². The summed E-state index contributed by atoms with van der Waals surface area (Å²) < 4.78 is 7.00. The first-order valence-corrected chi connectivity index (χ1v) is 6.98. The Balaban J connectivity index is 2.20. The summed E-state index contributed by atoms with van der Waals surface area (Å²) in [6.07, 6.45) is 2.43. The smallest absolute Gasteiger partial charge is 0.310 e. The molecule has 4 nitrogen and oxygen atoms in total. The lowest BCUT2D eigenvalue weighted by molar-refractivity contribution is -0.142. The third-order valence-electron chi connectivity index (χ3n) is 3.26. The van der Waals surface area contributed by atoms with Crippen molar-refractivity contribution in [2.45, 2.75) is 26.3 Å². The Kier molecular flexibility index (Phi) is 5.16. The predicted octanol–water partition coefficient (Wildman–Crippen LogP) is 2.71. The lowest BCUT2D eigenvalue weighted by Crippen LogP contribution is -2.10. The molecule has 1 aromatic carbocycles. The fraction of sp³-hybridized carbons (Fsp3) is 0.294. The van der Waals surface area contributed by atoms with Crippen LogP contribution >= 0.6 is 0 Å². The maximum absolute atomic E-state index is 11.6. The van der Waals surface area contributed by atoms with Crippen molar-refractivity contribution in [2.75, 3.05) is 6.61 Å². The van der Waals surface area contributed by atoms with Crippen molar-refractivity contribution in [3.05, 3.63) is 59.4 Å². The fourth-order valence-electron chi connectivity index (χ4n) is 2.30. The summed E-state index contributed by atoms with van der Waals surface area (Å²) in [5, 5.41) is 9.01. The highest BCUT2D eigenvalue weighted by molar-refractivity contribution is 5.73. The fourth-order valence-corrected chi connectivity index (χ4v) is 2.30. The van der Waals surface area contributed by atoms with Crippen LogP contribution in [0.1, 0.15) is 23.7 Å². The van der Waals surface area contributed by atoms with E-state index in [9.17, 15) is 4.79 Å². The molecule has 0 aliphatic heterocycles. The molecule has 0 atom stereocenters. The minimum absolute atomic E-state index is 0.215. The molecule has 2 aromatic rings. The quantitative estimate of drug-likeness (QED) is 0.765. The highest BCUT2D eigenvalue weighted by atomic mass is 16.5. The molecule has 4 heteroatoms. The van der Waals surface area contributed by atoms with Crippen LogP contribution in [0.25, 0.3) is 0 Å². The van der Waals surface area contributed by atoms with Gasteiger partial charge in [-0.25, -0.2) is 0 Å². The molecule has 0 bridgehead atoms. The lowest BCUT2D eigenvalue weighted by atomic mass is 10.1. The van der Waals surface area contributed by atoms with Crippen LogP contribution < -0.4 is 0 Å². The molecule has 1 aromatic heterocycles. The number of nitriles is 1. The third kappa shape index (κ3) is 3.96. The van der Waals surface area contributed by atoms with Gasteiger partial charge in [-0.05, 0) is 24.1 Å². The van der Waals surface area contributed by atoms with Crippen molar-refractivity contribution in [2.24, 2.45) is 0 Å². The number of benzene rings is 1. The topological polar surface area (TPSA) is 55.0 Å². The molecule has 0 saturated heterocycles. The van der Waals surface area contributed by atoms with Gasteiger partial charge in [0, 0.05) is 18.4 Å². The van der Waals surface area contributed by atoms with E-state index in [2.05, 4.69) is 6.07 Å². The number of aromatic nitrogens is 1. The van der Waals surface area contributed by atoms with Crippen LogP contribution in [0.3, 0.4) is 0 Å². The monoisotopic (exact) mass is 282 g/mol. The van der Waals surface area contributed by atoms with Crippen LogP contribution in [0, 0.1) is 11.3 Å². The summed E-state index contributed by atoms with van der Waals surface area (Å²) in [5.41, 5.74) is 2.91. The van der Waals surface area contributed by atoms with E-state index < -0.39 is 0 Å². The van der Waals surface area contributed by atoms with Crippen LogP contribution in [0.2, 0.25) is 0 Å². The number of hydrogen-bond donors (Lipinski definition) is 0. The highest BCUT2D eigenvalue weighted by Gasteiger charge is 2.13. The van der Waals surface area contributed by atoms with Gasteiger partial charge in [0.05, 0.1) is 25.5 Å². The van der Waals surface area contributed by atoms with Crippen molar-refractivity contribution >= 4 is 5.97 Å². The third-order valence-corrected chi connectivity index (χ3v) is 3.26. The Bertz CT molecular complexity index is 639. The first kappa shape index (κ1) is 14.9. The number of nitrogens with zero attached hydrogens (tertiary/aromatic N) is 2. The van der Waals surface area contributed by atoms with Gasteiger partial charge in [-0.3, -0.25) is 4.79 Å². The summed E-state index contributed by atoms with van der Waals surface area (Å²) in [5.74, 6) is -0.255. The standard InChI is InChI=1S/C17H18N2O2/c1-2-21-17(20)12-15-9-11-19(16(15)8-10-18)13-14-6-4-3-5-7-14/h3-7,9,11H,2,8,12-13H2,1H3. The van der Waals surface area contributed by atoms with Crippen LogP contribution in [-0.4, -0.2) is 17.1 Å². The lowest BCUT2D eigenvalue weighted by Gasteiger charge is -2.09. The summed E-state index contributed by atoms with van der Waals surface area (Å²) in [6.45, 7) is 2.85. The maximum atomic E-state index is 11.6. The van der Waals surface area contributed by atoms with Crippen LogP contribution in [0.4, 0.5) is 0 Å². The Morgan fingerprint density at radius 2 is 2.05 bits per heavy atom. The zero-order valence-corrected chi connectivity index (χ0v) is 12.1. The second-order valence-corrected chi connectivity index (χ2v) is 4.72. The zero-order valence-electron chi connectivity index (χ0n) is 12.1. The normalized spacial score (nSPS) is 10.1. The van der Waals surface area contributed by atoms with Gasteiger partial charge in [-0.1, -0.05) is 30.3 Å². The number of carbonyl (C=O) groups is 1. The first-order valence-electron chi connectivity index (χ1n) is 6.98. The van der Waals surface area contributed by atoms with Crippen LogP contribution in [-0.2, 0) is 28.9 Å². The van der Waals surface area contributed by atoms with E-state index in [-0.39, 0.29) is 18.8 Å². The number of ether oxygens (including phenoxy) is 1. The zero-order chi connectivity index (χ0) is 15.1. The summed E-state index contributed by atoms with van der Waals surface area (Å²) in [6, 6.07) is 14.1. The predicted molar refractivity (Wildman–Crippen MR) is 79.6 cm³/mol. The minimum Gasteiger partial charge on any atom is -0.466 e. The van der Waals surface area contributed by atoms with Gasteiger partial charge < -0.3 is 9.30 Å². The molecule has 0 saturated carbocycles. The Labute approximate surface area is 124 Å². The molecule has 0 amide bonds. The molecule has 0 radical (unpaired) electrons. The molecule has 1 heterocycles. The number of carbonyl (C=O) groups excluding carboxylic acids is 1. The summed E-state index contributed by atoms with van der Waals surface area (Å²) in [7, 11) is 0. The van der Waals surface area contributed by atoms with Gasteiger partial charge in [0.15, 0.2) is 0 Å². The second-order valence-electron chi connectivity index (χ2n) is 4.72. The molecule has 0 aliphatic carbocycles. The molecular weight excluding hydrogens is 264 g/mol. The minimum atomic E-state index is -0.255. The van der Waals surface area contributed by atoms with Gasteiger partial charge in [0.2, 0.25) is 0 Å². The summed E-state index contributed by atoms with van der Waals surface area (Å²) >= 11 is 0. The van der Waals surface area contributed by atoms with Gasteiger partial charge >= 0.3 is 5.97 Å². The molecule has 0 unspecified atom stereocenters. The van der Waals surface area contributed by atoms with Crippen molar-refractivity contribution in [3.63, 3.8) is 0 Å². The van der Waals surface area contributed by atoms with E-state index in [1.807, 2.05) is 47.2 Å². The SMILES string of the molecule is CCOC(=O)Cc1ccn(Cc2ccccc2)c1CC#N. The number of esters is 1. The Morgan fingerprint density at radius 1 is 1.29 bits per heavy atom. The van der Waals surface area contributed by atoms with E-state index in [4.69, 9.17) is 10.00 Å². The van der Waals surface area contributed by atoms with Crippen molar-refractivity contribution < 1.29 is 9.53 Å². The van der Waals surface area contributed by atoms with Crippen molar-refractivity contribution in [1.82, 2.24) is 4.57 Å². The van der Waals surface area contributed by atoms with E-state index in [0.29, 0.717) is 13.2 Å². The van der Waals surface area contributed by atoms with Gasteiger partial charge in [-0.15, -0.1) is 0 Å². The Morgan fingerprint density at radius 3 is 2.71 bits per heavy atom. The molecule has 0 spiro atoms. The number of rotatable bonds is 6. The van der Waals surface area contributed by atoms with Crippen molar-refractivity contribution in [1.29, 1.82) is 5.26 Å². The molecule has 108 valence electrons. The molecular formula is C17H18N2O2. The van der Waals surface area contributed by atoms with Crippen LogP contribution in [0.5, 0.6) is 0 Å². The van der Waals surface area contributed by atoms with E-state index in [1.54, 1.807) is 6.92 Å². The molecule has 0 N–H and O–H groups in total. The van der Waals surface area contributed by atoms with Gasteiger partial charge in [-0.2, -0.15) is 5.26 Å². The average molecular weight is 282 g/mol. The molecule has 0 fully saturated rings. The van der Waals surface area contributed by atoms with E-state index in [1.165, 1.54) is 0 Å². The largest absolute Gasteiger partial charge is 0.466 e. The average Bonchev–Trinajstić information content (AvgIpc) is 2.83. The van der Waals surface area contributed by atoms with Crippen molar-refractivity contribution in [3.8, 4) is 6.07 Å². The Hall–Kier alpha value is -2.54. The highest BCUT2D eigenvalue weighted by Crippen LogP contribution is 2.15. The molecule has 0 aliphatic rings. The van der Waals surface area contributed by atoms with Gasteiger partial charge in [0.1, 0.15) is 0 Å². The summed E-state index contributed by atoms with van der Waals surface area (Å²) in [4.78, 5) is 11.6. The van der Waals surface area contributed by atoms with Crippen LogP contribution in [0.15, 0.2) is 42.6 Å².